The number of amides is 1. The summed E-state index contributed by atoms with van der Waals surface area (Å²) in [7, 11) is 1.59. The molecule has 1 aromatic carbocycles. The Kier molecular flexibility index (Phi) is 6.80. The summed E-state index contributed by atoms with van der Waals surface area (Å²) in [5.41, 5.74) is 5.80. The van der Waals surface area contributed by atoms with Gasteiger partial charge in [0, 0.05) is 13.7 Å². The number of hydrogen-bond donors (Lipinski definition) is 2. The fourth-order valence-corrected chi connectivity index (χ4v) is 1.37. The molecule has 0 aliphatic carbocycles. The average Bonchev–Trinajstić information content (AvgIpc) is 2.30. The Labute approximate surface area is 108 Å². The Balaban J connectivity index is 0.00000256. The van der Waals surface area contributed by atoms with Crippen LogP contribution in [0.3, 0.4) is 0 Å². The zero-order valence-electron chi connectivity index (χ0n) is 10.1. The van der Waals surface area contributed by atoms with Gasteiger partial charge in [0.15, 0.2) is 0 Å². The van der Waals surface area contributed by atoms with Crippen molar-refractivity contribution in [2.24, 2.45) is 5.73 Å². The maximum absolute atomic E-state index is 11.8. The third-order valence-electron chi connectivity index (χ3n) is 2.44. The first-order valence-corrected chi connectivity index (χ1v) is 5.20. The molecule has 17 heavy (non-hydrogen) atoms. The minimum atomic E-state index is -1.00. The average molecular weight is 259 g/mol. The number of nitrogens with one attached hydrogen (secondary N) is 1. The Morgan fingerprint density at radius 1 is 1.41 bits per heavy atom. The van der Waals surface area contributed by atoms with E-state index in [9.17, 15) is 4.79 Å². The summed E-state index contributed by atoms with van der Waals surface area (Å²) in [5.74, 6) is -0.198. The third-order valence-corrected chi connectivity index (χ3v) is 2.44. The molecule has 0 radical (unpaired) electrons. The van der Waals surface area contributed by atoms with Crippen LogP contribution in [0.25, 0.3) is 0 Å². The molecule has 0 aliphatic heterocycles. The molecule has 0 saturated carbocycles. The lowest BCUT2D eigenvalue weighted by Gasteiger charge is -2.23. The van der Waals surface area contributed by atoms with Crippen molar-refractivity contribution in [3.63, 3.8) is 0 Å². The molecule has 1 amide bonds. The molecule has 0 spiro atoms. The Bertz CT molecular complexity index is 342. The zero-order chi connectivity index (χ0) is 12.0. The molecule has 0 bridgehead atoms. The third kappa shape index (κ3) is 4.34. The van der Waals surface area contributed by atoms with E-state index in [0.29, 0.717) is 13.2 Å². The first-order valence-electron chi connectivity index (χ1n) is 5.20. The molecular weight excluding hydrogens is 240 g/mol. The molecule has 0 aliphatic rings. The van der Waals surface area contributed by atoms with Crippen LogP contribution in [0.15, 0.2) is 30.3 Å². The number of benzene rings is 1. The quantitative estimate of drug-likeness (QED) is 0.776. The molecule has 1 rings (SSSR count). The van der Waals surface area contributed by atoms with Gasteiger partial charge in [-0.25, -0.2) is 0 Å². The predicted octanol–water partition coefficient (Wildman–Crippen LogP) is 1.04. The van der Waals surface area contributed by atoms with Gasteiger partial charge in [0.25, 0.3) is 0 Å². The largest absolute Gasteiger partial charge is 0.383 e. The molecule has 0 saturated heterocycles. The number of methoxy groups -OCH3 is 1. The second-order valence-corrected chi connectivity index (χ2v) is 3.82. The number of ether oxygens (including phenoxy) is 1. The van der Waals surface area contributed by atoms with Gasteiger partial charge in [0.05, 0.1) is 6.61 Å². The van der Waals surface area contributed by atoms with Crippen molar-refractivity contribution in [1.29, 1.82) is 0 Å². The van der Waals surface area contributed by atoms with E-state index in [1.165, 1.54) is 0 Å². The van der Waals surface area contributed by atoms with Crippen LogP contribution in [0.5, 0.6) is 0 Å². The number of carbonyl (C=O) groups is 1. The molecule has 96 valence electrons. The highest BCUT2D eigenvalue weighted by atomic mass is 35.5. The number of rotatable bonds is 5. The molecule has 0 aromatic heterocycles. The fourth-order valence-electron chi connectivity index (χ4n) is 1.37. The van der Waals surface area contributed by atoms with Gasteiger partial charge in [0.2, 0.25) is 5.91 Å². The highest BCUT2D eigenvalue weighted by Crippen LogP contribution is 2.16. The first kappa shape index (κ1) is 15.9. The van der Waals surface area contributed by atoms with Crippen LogP contribution in [0.4, 0.5) is 0 Å². The summed E-state index contributed by atoms with van der Waals surface area (Å²) in [6, 6.07) is 9.31. The van der Waals surface area contributed by atoms with E-state index < -0.39 is 5.54 Å². The molecule has 1 unspecified atom stereocenters. The molecule has 0 fully saturated rings. The molecule has 3 N–H and O–H groups in total. The standard InChI is InChI=1S/C12H18N2O2.ClH/c1-12(13,10-6-4-3-5-7-10)11(15)14-8-9-16-2;/h3-7H,8-9,13H2,1-2H3,(H,14,15);1H. The van der Waals surface area contributed by atoms with Gasteiger partial charge in [-0.2, -0.15) is 0 Å². The maximum Gasteiger partial charge on any atom is 0.244 e. The van der Waals surface area contributed by atoms with E-state index in [1.807, 2.05) is 30.3 Å². The van der Waals surface area contributed by atoms with E-state index in [1.54, 1.807) is 14.0 Å². The van der Waals surface area contributed by atoms with Crippen LogP contribution in [-0.2, 0) is 15.1 Å². The van der Waals surface area contributed by atoms with Crippen LogP contribution in [0.1, 0.15) is 12.5 Å². The van der Waals surface area contributed by atoms with Gasteiger partial charge >= 0.3 is 0 Å². The molecule has 1 atom stereocenters. The SMILES string of the molecule is COCCNC(=O)C(C)(N)c1ccccc1.Cl. The summed E-state index contributed by atoms with van der Waals surface area (Å²) in [6.45, 7) is 2.65. The van der Waals surface area contributed by atoms with Crippen molar-refractivity contribution in [2.45, 2.75) is 12.5 Å². The van der Waals surface area contributed by atoms with Crippen molar-refractivity contribution in [3.05, 3.63) is 35.9 Å². The van der Waals surface area contributed by atoms with Gasteiger partial charge in [0.1, 0.15) is 5.54 Å². The van der Waals surface area contributed by atoms with Gasteiger partial charge in [-0.1, -0.05) is 30.3 Å². The van der Waals surface area contributed by atoms with Crippen LogP contribution >= 0.6 is 12.4 Å². The van der Waals surface area contributed by atoms with Crippen LogP contribution < -0.4 is 11.1 Å². The second kappa shape index (κ2) is 7.27. The van der Waals surface area contributed by atoms with Crippen molar-refractivity contribution in [1.82, 2.24) is 5.32 Å². The number of carbonyl (C=O) groups excluding carboxylic acids is 1. The topological polar surface area (TPSA) is 64.3 Å². The molecule has 0 heterocycles. The molecule has 4 nitrogen and oxygen atoms in total. The Hall–Kier alpha value is -1.10. The summed E-state index contributed by atoms with van der Waals surface area (Å²) >= 11 is 0. The van der Waals surface area contributed by atoms with E-state index in [2.05, 4.69) is 5.32 Å². The van der Waals surface area contributed by atoms with E-state index >= 15 is 0 Å². The normalized spacial score (nSPS) is 13.4. The number of hydrogen-bond acceptors (Lipinski definition) is 3. The van der Waals surface area contributed by atoms with Gasteiger partial charge in [-0.15, -0.1) is 12.4 Å². The van der Waals surface area contributed by atoms with Crippen molar-refractivity contribution < 1.29 is 9.53 Å². The first-order chi connectivity index (χ1) is 7.59. The highest BCUT2D eigenvalue weighted by Gasteiger charge is 2.29. The van der Waals surface area contributed by atoms with Gasteiger partial charge in [-0.05, 0) is 12.5 Å². The Morgan fingerprint density at radius 3 is 2.53 bits per heavy atom. The maximum atomic E-state index is 11.8. The van der Waals surface area contributed by atoms with Gasteiger partial charge < -0.3 is 15.8 Å². The van der Waals surface area contributed by atoms with Crippen molar-refractivity contribution in [2.75, 3.05) is 20.3 Å². The highest BCUT2D eigenvalue weighted by molar-refractivity contribution is 5.86. The molecule has 5 heteroatoms. The lowest BCUT2D eigenvalue weighted by Crippen LogP contribution is -2.49. The minimum absolute atomic E-state index is 0. The minimum Gasteiger partial charge on any atom is -0.383 e. The van der Waals surface area contributed by atoms with Crippen LogP contribution in [0, 0.1) is 0 Å². The molecular formula is C12H19ClN2O2. The monoisotopic (exact) mass is 258 g/mol. The summed E-state index contributed by atoms with van der Waals surface area (Å²) in [5, 5.41) is 2.73. The van der Waals surface area contributed by atoms with Gasteiger partial charge in [-0.3, -0.25) is 4.79 Å². The van der Waals surface area contributed by atoms with E-state index in [-0.39, 0.29) is 18.3 Å². The van der Waals surface area contributed by atoms with E-state index in [4.69, 9.17) is 10.5 Å². The van der Waals surface area contributed by atoms with Crippen LogP contribution in [-0.4, -0.2) is 26.2 Å². The summed E-state index contributed by atoms with van der Waals surface area (Å²) in [4.78, 5) is 11.8. The van der Waals surface area contributed by atoms with Crippen LogP contribution in [0.2, 0.25) is 0 Å². The number of nitrogens with two attached hydrogens (primary N) is 1. The Morgan fingerprint density at radius 2 is 2.00 bits per heavy atom. The zero-order valence-corrected chi connectivity index (χ0v) is 10.9. The number of halogens is 1. The summed E-state index contributed by atoms with van der Waals surface area (Å²) in [6.07, 6.45) is 0. The molecule has 1 aromatic rings. The fraction of sp³-hybridized carbons (Fsp3) is 0.417. The van der Waals surface area contributed by atoms with E-state index in [0.717, 1.165) is 5.56 Å². The van der Waals surface area contributed by atoms with Crippen molar-refractivity contribution in [3.8, 4) is 0 Å². The lowest BCUT2D eigenvalue weighted by molar-refractivity contribution is -0.126. The smallest absolute Gasteiger partial charge is 0.244 e. The lowest BCUT2D eigenvalue weighted by atomic mass is 9.92. The van der Waals surface area contributed by atoms with Crippen molar-refractivity contribution >= 4 is 18.3 Å². The predicted molar refractivity (Wildman–Crippen MR) is 70.1 cm³/mol. The second-order valence-electron chi connectivity index (χ2n) is 3.82. The summed E-state index contributed by atoms with van der Waals surface area (Å²) < 4.78 is 4.86.